The van der Waals surface area contributed by atoms with E-state index in [0.717, 1.165) is 103 Å². The third-order valence-electron chi connectivity index (χ3n) is 13.6. The van der Waals surface area contributed by atoms with E-state index in [0.29, 0.717) is 17.4 Å². The number of phosphoric ester groups is 1. The standard InChI is InChI=1S/C70H121N2O6P/c1-6-8-10-12-14-16-18-20-22-24-26-28-30-31-32-33-34-35-36-37-38-39-40-41-42-44-46-48-50-52-54-56-58-60-62-64-70(74)71-68(67-78-79(75,76)77-66-65-72(3,4)5)69(73)63-61-59-57-55-53-51-49-47-45-43-29-27-25-23-21-19-17-15-13-11-9-7-2/h8,10,14,16,20,22,26,28,31-32,34-35,37-38,40-41,45,47,53,55,61,63,68-69,73H,6-7,9,11-13,15,17-19,21,23-25,27,29-30,33,36,39,42-44,46,48-52,54,56-60,62,64-67H2,1-5H3,(H-,71,74,75,76)/p+1/b10-8-,16-14-,22-20-,28-26-,32-31-,35-34-,38-37-,41-40-,47-45+,55-53+,63-61+. The van der Waals surface area contributed by atoms with Gasteiger partial charge in [0.15, 0.2) is 0 Å². The zero-order chi connectivity index (χ0) is 57.7. The van der Waals surface area contributed by atoms with Crippen LogP contribution in [0.15, 0.2) is 134 Å². The summed E-state index contributed by atoms with van der Waals surface area (Å²) in [5, 5.41) is 13.9. The van der Waals surface area contributed by atoms with E-state index >= 15 is 0 Å². The minimum Gasteiger partial charge on any atom is -0.387 e. The molecule has 0 spiro atoms. The number of aliphatic hydroxyl groups excluding tert-OH is 1. The zero-order valence-electron chi connectivity index (χ0n) is 51.6. The number of hydrogen-bond donors (Lipinski definition) is 3. The summed E-state index contributed by atoms with van der Waals surface area (Å²) >= 11 is 0. The molecule has 8 nitrogen and oxygen atoms in total. The fraction of sp³-hybridized carbons (Fsp3) is 0.671. The third kappa shape index (κ3) is 62.1. The van der Waals surface area contributed by atoms with Crippen LogP contribution in [-0.4, -0.2) is 73.4 Å². The maximum absolute atomic E-state index is 13.0. The van der Waals surface area contributed by atoms with Crippen LogP contribution in [0.2, 0.25) is 0 Å². The molecule has 9 heteroatoms. The highest BCUT2D eigenvalue weighted by Gasteiger charge is 2.27. The first kappa shape index (κ1) is 75.6. The number of phosphoric acid groups is 1. The molecule has 0 radical (unpaired) electrons. The molecule has 0 aliphatic rings. The third-order valence-corrected chi connectivity index (χ3v) is 14.6. The quantitative estimate of drug-likeness (QED) is 0.0243. The van der Waals surface area contributed by atoms with Gasteiger partial charge in [0.1, 0.15) is 13.2 Å². The molecular formula is C70H122N2O6P+. The second-order valence-corrected chi connectivity index (χ2v) is 23.8. The maximum Gasteiger partial charge on any atom is 0.472 e. The number of allylic oxidation sites excluding steroid dienone is 21. The number of rotatable bonds is 57. The van der Waals surface area contributed by atoms with E-state index in [1.54, 1.807) is 6.08 Å². The first-order chi connectivity index (χ1) is 38.5. The van der Waals surface area contributed by atoms with Crippen LogP contribution in [0.5, 0.6) is 0 Å². The van der Waals surface area contributed by atoms with Crippen LogP contribution in [0.4, 0.5) is 0 Å². The Morgan fingerprint density at radius 1 is 0.443 bits per heavy atom. The monoisotopic (exact) mass is 1120 g/mol. The SMILES string of the molecule is CC/C=C\C/C=C\C/C=C\C/C=C\C/C=C\C/C=C\C/C=C\C/C=C\CCCCCCCCCCCCC(=O)NC(COP(=O)(O)OCC[N+](C)(C)C)C(O)/C=C/CC/C=C/CC/C=C/CCCCCCCCCCCCCC. The highest BCUT2D eigenvalue weighted by molar-refractivity contribution is 7.47. The van der Waals surface area contributed by atoms with Crippen LogP contribution in [0.1, 0.15) is 251 Å². The lowest BCUT2D eigenvalue weighted by Crippen LogP contribution is -2.45. The van der Waals surface area contributed by atoms with Crippen molar-refractivity contribution < 1.29 is 32.9 Å². The summed E-state index contributed by atoms with van der Waals surface area (Å²) in [5.41, 5.74) is 0. The highest BCUT2D eigenvalue weighted by atomic mass is 31.2. The lowest BCUT2D eigenvalue weighted by Gasteiger charge is -2.25. The molecule has 79 heavy (non-hydrogen) atoms. The first-order valence-electron chi connectivity index (χ1n) is 32.1. The van der Waals surface area contributed by atoms with E-state index in [4.69, 9.17) is 9.05 Å². The average molecular weight is 1120 g/mol. The molecule has 0 saturated carbocycles. The molecule has 0 heterocycles. The molecule has 0 aliphatic carbocycles. The van der Waals surface area contributed by atoms with Crippen molar-refractivity contribution in [3.8, 4) is 0 Å². The number of unbranched alkanes of at least 4 members (excludes halogenated alkanes) is 24. The number of carbonyl (C=O) groups is 1. The molecule has 0 bridgehead atoms. The molecule has 0 aliphatic heterocycles. The fourth-order valence-corrected chi connectivity index (χ4v) is 9.36. The summed E-state index contributed by atoms with van der Waals surface area (Å²) in [4.78, 5) is 23.4. The van der Waals surface area contributed by atoms with Gasteiger partial charge in [0.2, 0.25) is 5.91 Å². The zero-order valence-corrected chi connectivity index (χ0v) is 52.5. The molecule has 3 unspecified atom stereocenters. The minimum atomic E-state index is -4.37. The summed E-state index contributed by atoms with van der Waals surface area (Å²) in [6, 6.07) is -0.883. The van der Waals surface area contributed by atoms with E-state index < -0.39 is 20.0 Å². The maximum atomic E-state index is 13.0. The van der Waals surface area contributed by atoms with Crippen molar-refractivity contribution in [1.82, 2.24) is 5.32 Å². The minimum absolute atomic E-state index is 0.0463. The van der Waals surface area contributed by atoms with Crippen molar-refractivity contribution >= 4 is 13.7 Å². The molecule has 452 valence electrons. The summed E-state index contributed by atoms with van der Waals surface area (Å²) in [7, 11) is 1.53. The average Bonchev–Trinajstić information content (AvgIpc) is 3.42. The van der Waals surface area contributed by atoms with Crippen molar-refractivity contribution in [2.24, 2.45) is 0 Å². The second kappa shape index (κ2) is 59.3. The van der Waals surface area contributed by atoms with Crippen LogP contribution < -0.4 is 5.32 Å². The van der Waals surface area contributed by atoms with Gasteiger partial charge in [-0.25, -0.2) is 4.57 Å². The Labute approximate surface area is 487 Å². The van der Waals surface area contributed by atoms with E-state index in [2.05, 4.69) is 141 Å². The van der Waals surface area contributed by atoms with Gasteiger partial charge >= 0.3 is 7.82 Å². The number of amides is 1. The summed E-state index contributed by atoms with van der Waals surface area (Å²) in [6.45, 7) is 4.67. The first-order valence-corrected chi connectivity index (χ1v) is 33.6. The van der Waals surface area contributed by atoms with Gasteiger partial charge in [-0.1, -0.05) is 270 Å². The number of carbonyl (C=O) groups excluding carboxylic acids is 1. The Balaban J connectivity index is 4.23. The number of nitrogens with one attached hydrogen (secondary N) is 1. The summed E-state index contributed by atoms with van der Waals surface area (Å²) < 4.78 is 23.7. The van der Waals surface area contributed by atoms with Crippen LogP contribution >= 0.6 is 7.82 Å². The van der Waals surface area contributed by atoms with Gasteiger partial charge in [-0.15, -0.1) is 0 Å². The molecule has 1 amide bonds. The highest BCUT2D eigenvalue weighted by Crippen LogP contribution is 2.43. The number of quaternary nitrogens is 1. The Bertz CT molecular complexity index is 1750. The van der Waals surface area contributed by atoms with Crippen LogP contribution in [0, 0.1) is 0 Å². The van der Waals surface area contributed by atoms with Gasteiger partial charge < -0.3 is 19.8 Å². The van der Waals surface area contributed by atoms with Crippen LogP contribution in [0.25, 0.3) is 0 Å². The van der Waals surface area contributed by atoms with Gasteiger partial charge in [-0.05, 0) is 109 Å². The molecule has 3 atom stereocenters. The van der Waals surface area contributed by atoms with E-state index in [-0.39, 0.29) is 19.1 Å². The van der Waals surface area contributed by atoms with Crippen molar-refractivity contribution in [3.05, 3.63) is 134 Å². The van der Waals surface area contributed by atoms with Gasteiger partial charge in [-0.2, -0.15) is 0 Å². The normalized spacial score (nSPS) is 14.7. The van der Waals surface area contributed by atoms with Crippen molar-refractivity contribution in [2.75, 3.05) is 40.9 Å². The molecule has 0 saturated heterocycles. The predicted octanol–water partition coefficient (Wildman–Crippen LogP) is 20.3. The number of likely N-dealkylation sites (N-methyl/N-ethyl adjacent to an activating group) is 1. The van der Waals surface area contributed by atoms with E-state index in [1.807, 2.05) is 27.2 Å². The van der Waals surface area contributed by atoms with Gasteiger partial charge in [-0.3, -0.25) is 13.8 Å². The smallest absolute Gasteiger partial charge is 0.387 e. The summed E-state index contributed by atoms with van der Waals surface area (Å²) in [6.07, 6.45) is 90.0. The van der Waals surface area contributed by atoms with Crippen LogP contribution in [0.3, 0.4) is 0 Å². The van der Waals surface area contributed by atoms with Crippen molar-refractivity contribution in [3.63, 3.8) is 0 Å². The topological polar surface area (TPSA) is 105 Å². The number of aliphatic hydroxyl groups is 1. The Hall–Kier alpha value is -3.36. The largest absolute Gasteiger partial charge is 0.472 e. The van der Waals surface area contributed by atoms with E-state index in [1.165, 1.54) is 128 Å². The Morgan fingerprint density at radius 3 is 1.16 bits per heavy atom. The molecule has 0 fully saturated rings. The van der Waals surface area contributed by atoms with E-state index in [9.17, 15) is 19.4 Å². The molecule has 0 rings (SSSR count). The van der Waals surface area contributed by atoms with Crippen LogP contribution in [-0.2, 0) is 18.4 Å². The molecule has 0 aromatic heterocycles. The van der Waals surface area contributed by atoms with Gasteiger partial charge in [0.05, 0.1) is 39.9 Å². The Kier molecular flexibility index (Phi) is 56.7. The van der Waals surface area contributed by atoms with Crippen molar-refractivity contribution in [1.29, 1.82) is 0 Å². The summed E-state index contributed by atoms with van der Waals surface area (Å²) in [5.74, 6) is -0.200. The number of nitrogens with zero attached hydrogens (tertiary/aromatic N) is 1. The Morgan fingerprint density at radius 2 is 0.772 bits per heavy atom. The second-order valence-electron chi connectivity index (χ2n) is 22.4. The van der Waals surface area contributed by atoms with Crippen molar-refractivity contribution in [2.45, 2.75) is 264 Å². The predicted molar refractivity (Wildman–Crippen MR) is 345 cm³/mol. The molecular weight excluding hydrogens is 996 g/mol. The lowest BCUT2D eigenvalue weighted by atomic mass is 10.0. The molecule has 3 N–H and O–H groups in total. The lowest BCUT2D eigenvalue weighted by molar-refractivity contribution is -0.870. The fourth-order valence-electron chi connectivity index (χ4n) is 8.62. The molecule has 0 aromatic carbocycles. The number of hydrogen-bond acceptors (Lipinski definition) is 5. The molecule has 0 aromatic rings. The van der Waals surface area contributed by atoms with Gasteiger partial charge in [0.25, 0.3) is 0 Å². The van der Waals surface area contributed by atoms with Gasteiger partial charge in [0, 0.05) is 6.42 Å².